The molecule has 0 saturated carbocycles. The molecule has 1 atom stereocenters. The minimum absolute atomic E-state index is 0.522. The number of para-hydroxylation sites is 1. The van der Waals surface area contributed by atoms with Gasteiger partial charge in [0, 0.05) is 12.6 Å². The minimum Gasteiger partial charge on any atom is -0.457 e. The zero-order valence-corrected chi connectivity index (χ0v) is 12.2. The summed E-state index contributed by atoms with van der Waals surface area (Å²) in [6, 6.07) is 18.9. The molecule has 3 rings (SSSR count). The molecule has 0 spiro atoms. The molecule has 0 aromatic heterocycles. The second-order valence-electron chi connectivity index (χ2n) is 5.43. The van der Waals surface area contributed by atoms with Gasteiger partial charge in [0.25, 0.3) is 0 Å². The maximum Gasteiger partial charge on any atom is 0.127 e. The fourth-order valence-electron chi connectivity index (χ4n) is 2.97. The SMILES string of the molecule is C=CCN1CCCC1c1ccc(Oc2ccccc2)cc1. The van der Waals surface area contributed by atoms with E-state index in [1.807, 2.05) is 36.4 Å². The average Bonchev–Trinajstić information content (AvgIpc) is 2.98. The standard InChI is InChI=1S/C19H21NO/c1-2-14-20-15-6-9-19(20)16-10-12-18(13-11-16)21-17-7-4-3-5-8-17/h2-5,7-8,10-13,19H,1,6,9,14-15H2. The van der Waals surface area contributed by atoms with E-state index < -0.39 is 0 Å². The number of likely N-dealkylation sites (tertiary alicyclic amines) is 1. The zero-order valence-electron chi connectivity index (χ0n) is 12.2. The Labute approximate surface area is 126 Å². The van der Waals surface area contributed by atoms with Crippen LogP contribution in [-0.4, -0.2) is 18.0 Å². The van der Waals surface area contributed by atoms with Gasteiger partial charge in [-0.15, -0.1) is 6.58 Å². The van der Waals surface area contributed by atoms with E-state index in [9.17, 15) is 0 Å². The molecule has 0 amide bonds. The highest BCUT2D eigenvalue weighted by Gasteiger charge is 2.24. The Hall–Kier alpha value is -2.06. The Kier molecular flexibility index (Phi) is 4.37. The Bertz CT molecular complexity index is 576. The molecule has 2 aromatic carbocycles. The van der Waals surface area contributed by atoms with Crippen LogP contribution in [0.15, 0.2) is 67.3 Å². The lowest BCUT2D eigenvalue weighted by Gasteiger charge is -2.23. The first-order chi connectivity index (χ1) is 10.4. The molecule has 2 heteroatoms. The summed E-state index contributed by atoms with van der Waals surface area (Å²) in [6.07, 6.45) is 4.48. The van der Waals surface area contributed by atoms with E-state index in [1.165, 1.54) is 24.9 Å². The van der Waals surface area contributed by atoms with Gasteiger partial charge >= 0.3 is 0 Å². The van der Waals surface area contributed by atoms with Gasteiger partial charge in [0.05, 0.1) is 0 Å². The molecule has 1 aliphatic heterocycles. The first-order valence-electron chi connectivity index (χ1n) is 7.54. The average molecular weight is 279 g/mol. The van der Waals surface area contributed by atoms with Crippen LogP contribution in [0.25, 0.3) is 0 Å². The van der Waals surface area contributed by atoms with E-state index in [1.54, 1.807) is 0 Å². The largest absolute Gasteiger partial charge is 0.457 e. The van der Waals surface area contributed by atoms with E-state index >= 15 is 0 Å². The van der Waals surface area contributed by atoms with Crippen LogP contribution in [-0.2, 0) is 0 Å². The molecule has 0 aliphatic carbocycles. The fourth-order valence-corrected chi connectivity index (χ4v) is 2.97. The summed E-state index contributed by atoms with van der Waals surface area (Å²) < 4.78 is 5.84. The lowest BCUT2D eigenvalue weighted by molar-refractivity contribution is 0.285. The summed E-state index contributed by atoms with van der Waals surface area (Å²) in [6.45, 7) is 5.98. The number of hydrogen-bond donors (Lipinski definition) is 0. The zero-order chi connectivity index (χ0) is 14.5. The minimum atomic E-state index is 0.522. The third-order valence-electron chi connectivity index (χ3n) is 3.97. The maximum absolute atomic E-state index is 5.84. The third kappa shape index (κ3) is 3.34. The summed E-state index contributed by atoms with van der Waals surface area (Å²) in [5, 5.41) is 0. The Morgan fingerprint density at radius 3 is 2.48 bits per heavy atom. The number of nitrogens with zero attached hydrogens (tertiary/aromatic N) is 1. The Morgan fingerprint density at radius 1 is 1.05 bits per heavy atom. The number of ether oxygens (including phenoxy) is 1. The molecule has 21 heavy (non-hydrogen) atoms. The van der Waals surface area contributed by atoms with Gasteiger partial charge in [0.2, 0.25) is 0 Å². The molecule has 108 valence electrons. The van der Waals surface area contributed by atoms with Gasteiger partial charge in [-0.1, -0.05) is 36.4 Å². The van der Waals surface area contributed by atoms with Crippen molar-refractivity contribution in [2.45, 2.75) is 18.9 Å². The van der Waals surface area contributed by atoms with Crippen LogP contribution in [0, 0.1) is 0 Å². The van der Waals surface area contributed by atoms with E-state index in [0.717, 1.165) is 18.0 Å². The molecule has 0 bridgehead atoms. The molecule has 1 saturated heterocycles. The van der Waals surface area contributed by atoms with Crippen molar-refractivity contribution in [2.24, 2.45) is 0 Å². The predicted octanol–water partition coefficient (Wildman–Crippen LogP) is 4.80. The molecular formula is C19H21NO. The van der Waals surface area contributed by atoms with Crippen LogP contribution in [0.4, 0.5) is 0 Å². The van der Waals surface area contributed by atoms with Crippen molar-refractivity contribution in [3.63, 3.8) is 0 Å². The molecule has 1 fully saturated rings. The van der Waals surface area contributed by atoms with Gasteiger partial charge in [-0.25, -0.2) is 0 Å². The smallest absolute Gasteiger partial charge is 0.127 e. The molecule has 2 nitrogen and oxygen atoms in total. The predicted molar refractivity (Wildman–Crippen MR) is 86.7 cm³/mol. The van der Waals surface area contributed by atoms with Crippen molar-refractivity contribution in [3.8, 4) is 11.5 Å². The fraction of sp³-hybridized carbons (Fsp3) is 0.263. The van der Waals surface area contributed by atoms with Gasteiger partial charge in [0.1, 0.15) is 11.5 Å². The van der Waals surface area contributed by atoms with Crippen LogP contribution >= 0.6 is 0 Å². The van der Waals surface area contributed by atoms with Crippen LogP contribution in [0.3, 0.4) is 0 Å². The molecule has 1 unspecified atom stereocenters. The van der Waals surface area contributed by atoms with E-state index in [0.29, 0.717) is 6.04 Å². The second-order valence-corrected chi connectivity index (χ2v) is 5.43. The quantitative estimate of drug-likeness (QED) is 0.729. The van der Waals surface area contributed by atoms with E-state index in [4.69, 9.17) is 4.74 Å². The third-order valence-corrected chi connectivity index (χ3v) is 3.97. The van der Waals surface area contributed by atoms with Crippen LogP contribution < -0.4 is 4.74 Å². The molecule has 1 heterocycles. The molecule has 0 radical (unpaired) electrons. The summed E-state index contributed by atoms with van der Waals surface area (Å²) >= 11 is 0. The van der Waals surface area contributed by atoms with E-state index in [-0.39, 0.29) is 0 Å². The Balaban J connectivity index is 1.70. The highest BCUT2D eigenvalue weighted by atomic mass is 16.5. The van der Waals surface area contributed by atoms with Crippen molar-refractivity contribution in [1.82, 2.24) is 4.90 Å². The lowest BCUT2D eigenvalue weighted by atomic mass is 10.0. The highest BCUT2D eigenvalue weighted by Crippen LogP contribution is 2.33. The number of benzene rings is 2. The van der Waals surface area contributed by atoms with Crippen molar-refractivity contribution < 1.29 is 4.74 Å². The highest BCUT2D eigenvalue weighted by molar-refractivity contribution is 5.34. The summed E-state index contributed by atoms with van der Waals surface area (Å²) in [7, 11) is 0. The van der Waals surface area contributed by atoms with E-state index in [2.05, 4.69) is 35.7 Å². The van der Waals surface area contributed by atoms with Gasteiger partial charge < -0.3 is 4.74 Å². The van der Waals surface area contributed by atoms with Crippen molar-refractivity contribution >= 4 is 0 Å². The first-order valence-corrected chi connectivity index (χ1v) is 7.54. The summed E-state index contributed by atoms with van der Waals surface area (Å²) in [5.41, 5.74) is 1.37. The Morgan fingerprint density at radius 2 is 1.76 bits per heavy atom. The summed E-state index contributed by atoms with van der Waals surface area (Å²) in [4.78, 5) is 2.49. The number of hydrogen-bond acceptors (Lipinski definition) is 2. The van der Waals surface area contributed by atoms with Crippen LogP contribution in [0.2, 0.25) is 0 Å². The second kappa shape index (κ2) is 6.59. The van der Waals surface area contributed by atoms with Crippen molar-refractivity contribution in [2.75, 3.05) is 13.1 Å². The molecule has 2 aromatic rings. The lowest BCUT2D eigenvalue weighted by Crippen LogP contribution is -2.23. The van der Waals surface area contributed by atoms with Gasteiger partial charge in [-0.2, -0.15) is 0 Å². The van der Waals surface area contributed by atoms with Crippen LogP contribution in [0.5, 0.6) is 11.5 Å². The van der Waals surface area contributed by atoms with Gasteiger partial charge in [0.15, 0.2) is 0 Å². The van der Waals surface area contributed by atoms with Crippen molar-refractivity contribution in [3.05, 3.63) is 72.8 Å². The molecular weight excluding hydrogens is 258 g/mol. The van der Waals surface area contributed by atoms with Gasteiger partial charge in [-0.05, 0) is 49.2 Å². The van der Waals surface area contributed by atoms with Crippen LogP contribution in [0.1, 0.15) is 24.4 Å². The molecule has 1 aliphatic rings. The number of rotatable bonds is 5. The van der Waals surface area contributed by atoms with Crippen molar-refractivity contribution in [1.29, 1.82) is 0 Å². The first kappa shape index (κ1) is 13.9. The monoisotopic (exact) mass is 279 g/mol. The van der Waals surface area contributed by atoms with Gasteiger partial charge in [-0.3, -0.25) is 4.90 Å². The molecule has 0 N–H and O–H groups in total. The topological polar surface area (TPSA) is 12.5 Å². The summed E-state index contributed by atoms with van der Waals surface area (Å²) in [5.74, 6) is 1.76. The normalized spacial score (nSPS) is 18.6. The maximum atomic E-state index is 5.84.